The van der Waals surface area contributed by atoms with Crippen LogP contribution in [0.3, 0.4) is 0 Å². The van der Waals surface area contributed by atoms with Crippen molar-refractivity contribution in [3.8, 4) is 11.3 Å². The average Bonchev–Trinajstić information content (AvgIpc) is 3.49. The van der Waals surface area contributed by atoms with Crippen LogP contribution in [0.15, 0.2) is 55.6 Å². The summed E-state index contributed by atoms with van der Waals surface area (Å²) in [7, 11) is 0. The second-order valence-corrected chi connectivity index (χ2v) is 7.49. The third kappa shape index (κ3) is 4.35. The Bertz CT molecular complexity index is 1310. The van der Waals surface area contributed by atoms with E-state index in [1.54, 1.807) is 6.07 Å². The van der Waals surface area contributed by atoms with Gasteiger partial charge >= 0.3 is 0 Å². The van der Waals surface area contributed by atoms with Crippen LogP contribution < -0.4 is 0 Å². The van der Waals surface area contributed by atoms with Crippen molar-refractivity contribution in [1.29, 1.82) is 0 Å². The zero-order valence-electron chi connectivity index (χ0n) is 18.2. The summed E-state index contributed by atoms with van der Waals surface area (Å²) in [5.41, 5.74) is -1.92. The van der Waals surface area contributed by atoms with Crippen molar-refractivity contribution in [2.75, 3.05) is 6.61 Å². The van der Waals surface area contributed by atoms with Gasteiger partial charge in [0.2, 0.25) is 0 Å². The molecule has 176 valence electrons. The van der Waals surface area contributed by atoms with Crippen molar-refractivity contribution in [1.82, 2.24) is 30.2 Å². The highest BCUT2D eigenvalue weighted by atomic mass is 19.1. The van der Waals surface area contributed by atoms with Gasteiger partial charge in [-0.2, -0.15) is 5.10 Å². The van der Waals surface area contributed by atoms with Crippen LogP contribution in [-0.2, 0) is 23.5 Å². The molecule has 0 amide bonds. The third-order valence-electron chi connectivity index (χ3n) is 5.39. The molecule has 2 N–H and O–H groups in total. The van der Waals surface area contributed by atoms with Gasteiger partial charge in [0.25, 0.3) is 0 Å². The molecule has 0 aliphatic carbocycles. The summed E-state index contributed by atoms with van der Waals surface area (Å²) >= 11 is 0. The van der Waals surface area contributed by atoms with Crippen LogP contribution in [0.25, 0.3) is 16.8 Å². The van der Waals surface area contributed by atoms with Gasteiger partial charge in [-0.3, -0.25) is 5.10 Å². The smallest absolute Gasteiger partial charge is 0.140 e. The number of aromatic nitrogens is 6. The Morgan fingerprint density at radius 3 is 2.76 bits per heavy atom. The number of halogens is 3. The molecule has 0 saturated carbocycles. The van der Waals surface area contributed by atoms with Crippen molar-refractivity contribution in [3.63, 3.8) is 0 Å². The number of ether oxygens (including phenoxy) is 1. The summed E-state index contributed by atoms with van der Waals surface area (Å²) in [5.74, 6) is -2.58. The SMILES string of the molecule is C=C(c1cccc(-c2[nH]nnc2COCC)c1F)C(O)(Cn1cncn1)c1ccc(F)cc1F. The zero-order chi connectivity index (χ0) is 24.3. The van der Waals surface area contributed by atoms with E-state index in [4.69, 9.17) is 4.74 Å². The molecule has 2 heterocycles. The quantitative estimate of drug-likeness (QED) is 0.388. The number of nitrogens with one attached hydrogen (secondary N) is 1. The molecule has 0 saturated heterocycles. The van der Waals surface area contributed by atoms with E-state index in [-0.39, 0.29) is 35.4 Å². The number of hydrogen-bond donors (Lipinski definition) is 2. The molecule has 0 aliphatic rings. The van der Waals surface area contributed by atoms with Crippen LogP contribution in [0.2, 0.25) is 0 Å². The molecule has 34 heavy (non-hydrogen) atoms. The Kier molecular flexibility index (Phi) is 6.57. The highest BCUT2D eigenvalue weighted by molar-refractivity contribution is 5.76. The summed E-state index contributed by atoms with van der Waals surface area (Å²) in [6.45, 7) is 5.91. The van der Waals surface area contributed by atoms with Gasteiger partial charge in [-0.15, -0.1) is 5.10 Å². The maximum absolute atomic E-state index is 15.8. The van der Waals surface area contributed by atoms with Gasteiger partial charge in [-0.1, -0.05) is 23.9 Å². The second-order valence-electron chi connectivity index (χ2n) is 7.49. The Balaban J connectivity index is 1.81. The van der Waals surface area contributed by atoms with Gasteiger partial charge in [0, 0.05) is 29.4 Å². The summed E-state index contributed by atoms with van der Waals surface area (Å²) in [4.78, 5) is 3.82. The van der Waals surface area contributed by atoms with Crippen molar-refractivity contribution in [2.45, 2.75) is 25.7 Å². The lowest BCUT2D eigenvalue weighted by Crippen LogP contribution is -2.34. The fraction of sp³-hybridized carbons (Fsp3) is 0.217. The monoisotopic (exact) mass is 470 g/mol. The van der Waals surface area contributed by atoms with E-state index in [0.29, 0.717) is 24.1 Å². The van der Waals surface area contributed by atoms with E-state index in [9.17, 15) is 13.9 Å². The molecule has 2 aromatic heterocycles. The first kappa shape index (κ1) is 23.3. The fourth-order valence-corrected chi connectivity index (χ4v) is 3.66. The van der Waals surface area contributed by atoms with Crippen molar-refractivity contribution >= 4 is 5.57 Å². The Hall–Kier alpha value is -3.83. The normalized spacial score (nSPS) is 13.1. The van der Waals surface area contributed by atoms with E-state index in [2.05, 4.69) is 32.1 Å². The lowest BCUT2D eigenvalue weighted by atomic mass is 9.82. The molecule has 8 nitrogen and oxygen atoms in total. The van der Waals surface area contributed by atoms with Crippen molar-refractivity contribution < 1.29 is 23.0 Å². The van der Waals surface area contributed by atoms with E-state index in [1.807, 2.05) is 6.92 Å². The van der Waals surface area contributed by atoms with Gasteiger partial charge < -0.3 is 9.84 Å². The molecule has 2 aromatic carbocycles. The lowest BCUT2D eigenvalue weighted by molar-refractivity contribution is 0.0724. The average molecular weight is 470 g/mol. The number of hydrogen-bond acceptors (Lipinski definition) is 6. The van der Waals surface area contributed by atoms with Crippen LogP contribution in [0.1, 0.15) is 23.7 Å². The van der Waals surface area contributed by atoms with Crippen LogP contribution in [0, 0.1) is 17.5 Å². The third-order valence-corrected chi connectivity index (χ3v) is 5.39. The molecule has 1 unspecified atom stereocenters. The van der Waals surface area contributed by atoms with Gasteiger partial charge in [0.15, 0.2) is 0 Å². The molecule has 4 rings (SSSR count). The molecule has 0 fully saturated rings. The first-order valence-corrected chi connectivity index (χ1v) is 10.3. The number of nitrogens with zero attached hydrogens (tertiary/aromatic N) is 5. The molecule has 0 spiro atoms. The molecule has 11 heteroatoms. The summed E-state index contributed by atoms with van der Waals surface area (Å²) < 4.78 is 50.8. The van der Waals surface area contributed by atoms with Crippen molar-refractivity contribution in [3.05, 3.63) is 89.9 Å². The van der Waals surface area contributed by atoms with Crippen LogP contribution in [-0.4, -0.2) is 41.9 Å². The second kappa shape index (κ2) is 9.57. The van der Waals surface area contributed by atoms with E-state index < -0.39 is 23.1 Å². The number of rotatable bonds is 9. The molecule has 0 radical (unpaired) electrons. The number of H-pyrrole nitrogens is 1. The minimum atomic E-state index is -2.19. The predicted octanol–water partition coefficient (Wildman–Crippen LogP) is 3.62. The van der Waals surface area contributed by atoms with Gasteiger partial charge in [0.1, 0.15) is 41.4 Å². The van der Waals surface area contributed by atoms with Crippen molar-refractivity contribution in [2.24, 2.45) is 0 Å². The Morgan fingerprint density at radius 1 is 1.24 bits per heavy atom. The standard InChI is InChI=1S/C23H21F3N6O2/c1-3-34-10-20-22(30-31-29-20)17-6-4-5-16(21(17)26)14(2)23(33,11-32-13-27-12-28-32)18-8-7-15(24)9-19(18)25/h4-9,12-13,33H,2-3,10-11H2,1H3,(H,29,30,31). The van der Waals surface area contributed by atoms with E-state index in [1.165, 1.54) is 29.5 Å². The predicted molar refractivity (Wildman–Crippen MR) is 116 cm³/mol. The maximum atomic E-state index is 15.8. The molecule has 0 aliphatic heterocycles. The molecule has 4 aromatic rings. The first-order chi connectivity index (χ1) is 16.3. The maximum Gasteiger partial charge on any atom is 0.140 e. The number of aromatic amines is 1. The lowest BCUT2D eigenvalue weighted by Gasteiger charge is -2.31. The fourth-order valence-electron chi connectivity index (χ4n) is 3.66. The topological polar surface area (TPSA) is 102 Å². The first-order valence-electron chi connectivity index (χ1n) is 10.3. The summed E-state index contributed by atoms with van der Waals surface area (Å²) in [6, 6.07) is 7.19. The summed E-state index contributed by atoms with van der Waals surface area (Å²) in [5, 5.41) is 26.0. The molecule has 0 bridgehead atoms. The zero-order valence-corrected chi connectivity index (χ0v) is 18.2. The van der Waals surface area contributed by atoms with Crippen LogP contribution in [0.4, 0.5) is 13.2 Å². The minimum Gasteiger partial charge on any atom is -0.378 e. The number of aliphatic hydroxyl groups is 1. The Labute approximate surface area is 192 Å². The van der Waals surface area contributed by atoms with E-state index in [0.717, 1.165) is 12.1 Å². The number of benzene rings is 2. The van der Waals surface area contributed by atoms with Crippen LogP contribution >= 0.6 is 0 Å². The minimum absolute atomic E-state index is 0.0826. The molecular weight excluding hydrogens is 449 g/mol. The summed E-state index contributed by atoms with van der Waals surface area (Å²) in [6.07, 6.45) is 2.54. The van der Waals surface area contributed by atoms with E-state index >= 15 is 4.39 Å². The molecular formula is C23H21F3N6O2. The van der Waals surface area contributed by atoms with Crippen LogP contribution in [0.5, 0.6) is 0 Å². The molecule has 1 atom stereocenters. The highest BCUT2D eigenvalue weighted by Gasteiger charge is 2.38. The van der Waals surface area contributed by atoms with Gasteiger partial charge in [0.05, 0.1) is 18.8 Å². The highest BCUT2D eigenvalue weighted by Crippen LogP contribution is 2.40. The van der Waals surface area contributed by atoms with Gasteiger partial charge in [-0.25, -0.2) is 22.8 Å². The Morgan fingerprint density at radius 2 is 2.06 bits per heavy atom. The largest absolute Gasteiger partial charge is 0.378 e. The van der Waals surface area contributed by atoms with Gasteiger partial charge in [-0.05, 0) is 30.7 Å².